The van der Waals surface area contributed by atoms with Gasteiger partial charge in [0.1, 0.15) is 11.6 Å². The quantitative estimate of drug-likeness (QED) is 0.799. The van der Waals surface area contributed by atoms with E-state index < -0.39 is 0 Å². The lowest BCUT2D eigenvalue weighted by atomic mass is 10.2. The van der Waals surface area contributed by atoms with E-state index in [9.17, 15) is 4.39 Å². The maximum Gasteiger partial charge on any atom is 0.148 e. The predicted molar refractivity (Wildman–Crippen MR) is 67.1 cm³/mol. The van der Waals surface area contributed by atoms with Crippen LogP contribution in [0.3, 0.4) is 0 Å². The Morgan fingerprint density at radius 3 is 2.41 bits per heavy atom. The van der Waals surface area contributed by atoms with E-state index in [1.807, 2.05) is 12.1 Å². The summed E-state index contributed by atoms with van der Waals surface area (Å²) in [6, 6.07) is 11.8. The molecule has 0 amide bonds. The van der Waals surface area contributed by atoms with E-state index in [1.54, 1.807) is 31.4 Å². The van der Waals surface area contributed by atoms with E-state index >= 15 is 0 Å². The summed E-state index contributed by atoms with van der Waals surface area (Å²) in [5.74, 6) is 0.383. The van der Waals surface area contributed by atoms with Crippen molar-refractivity contribution in [2.45, 2.75) is 0 Å². The molecule has 88 valence electrons. The molecule has 0 unspecified atom stereocenters. The van der Waals surface area contributed by atoms with Gasteiger partial charge in [-0.1, -0.05) is 0 Å². The van der Waals surface area contributed by atoms with E-state index in [1.165, 1.54) is 6.07 Å². The number of hydrogen-bond acceptors (Lipinski definition) is 3. The Morgan fingerprint density at radius 2 is 1.82 bits per heavy atom. The van der Waals surface area contributed by atoms with Crippen molar-refractivity contribution in [2.24, 2.45) is 0 Å². The second-order valence-electron chi connectivity index (χ2n) is 3.59. The van der Waals surface area contributed by atoms with Crippen molar-refractivity contribution in [3.63, 3.8) is 0 Å². The number of hydrogen-bond donors (Lipinski definition) is 2. The number of nitrogen functional groups attached to an aromatic ring is 1. The van der Waals surface area contributed by atoms with E-state index in [-0.39, 0.29) is 5.82 Å². The first-order chi connectivity index (χ1) is 8.19. The van der Waals surface area contributed by atoms with Crippen LogP contribution in [0.4, 0.5) is 21.5 Å². The molecule has 17 heavy (non-hydrogen) atoms. The summed E-state index contributed by atoms with van der Waals surface area (Å²) in [5.41, 5.74) is 7.06. The number of nitrogens with two attached hydrogens (primary N) is 1. The first-order valence-electron chi connectivity index (χ1n) is 5.15. The van der Waals surface area contributed by atoms with Crippen molar-refractivity contribution in [3.8, 4) is 5.75 Å². The molecule has 0 aliphatic rings. The fraction of sp³-hybridized carbons (Fsp3) is 0.0769. The molecule has 0 saturated carbocycles. The molecule has 3 nitrogen and oxygen atoms in total. The molecule has 2 aromatic rings. The minimum Gasteiger partial charge on any atom is -0.497 e. The van der Waals surface area contributed by atoms with Crippen LogP contribution >= 0.6 is 0 Å². The third kappa shape index (κ3) is 2.66. The Kier molecular flexibility index (Phi) is 3.14. The second-order valence-corrected chi connectivity index (χ2v) is 3.59. The molecule has 0 atom stereocenters. The van der Waals surface area contributed by atoms with Crippen LogP contribution in [0.5, 0.6) is 5.75 Å². The van der Waals surface area contributed by atoms with Crippen LogP contribution in [0.15, 0.2) is 42.5 Å². The Hall–Kier alpha value is -2.23. The molecule has 0 aliphatic heterocycles. The molecular weight excluding hydrogens is 219 g/mol. The SMILES string of the molecule is COc1ccc(Nc2ccc(N)cc2F)cc1. The van der Waals surface area contributed by atoms with E-state index in [0.29, 0.717) is 11.4 Å². The lowest BCUT2D eigenvalue weighted by Gasteiger charge is -2.08. The summed E-state index contributed by atoms with van der Waals surface area (Å²) in [4.78, 5) is 0. The fourth-order valence-corrected chi connectivity index (χ4v) is 1.46. The van der Waals surface area contributed by atoms with Gasteiger partial charge in [-0.25, -0.2) is 4.39 Å². The highest BCUT2D eigenvalue weighted by Crippen LogP contribution is 2.23. The number of methoxy groups -OCH3 is 1. The number of anilines is 3. The Morgan fingerprint density at radius 1 is 1.12 bits per heavy atom. The highest BCUT2D eigenvalue weighted by molar-refractivity contribution is 5.63. The van der Waals surface area contributed by atoms with Gasteiger partial charge in [0.05, 0.1) is 12.8 Å². The first-order valence-corrected chi connectivity index (χ1v) is 5.15. The van der Waals surface area contributed by atoms with Crippen molar-refractivity contribution in [1.82, 2.24) is 0 Å². The van der Waals surface area contributed by atoms with Crippen LogP contribution in [0.25, 0.3) is 0 Å². The first kappa shape index (κ1) is 11.3. The van der Waals surface area contributed by atoms with Gasteiger partial charge in [-0.15, -0.1) is 0 Å². The molecule has 0 fully saturated rings. The van der Waals surface area contributed by atoms with Crippen LogP contribution in [0, 0.1) is 5.82 Å². The van der Waals surface area contributed by atoms with Gasteiger partial charge in [0.15, 0.2) is 0 Å². The monoisotopic (exact) mass is 232 g/mol. The molecule has 2 aromatic carbocycles. The van der Waals surface area contributed by atoms with Gasteiger partial charge < -0.3 is 15.8 Å². The maximum absolute atomic E-state index is 13.5. The van der Waals surface area contributed by atoms with Gasteiger partial charge in [-0.2, -0.15) is 0 Å². The number of rotatable bonds is 3. The van der Waals surface area contributed by atoms with Crippen LogP contribution in [0.2, 0.25) is 0 Å². The average Bonchev–Trinajstić information content (AvgIpc) is 2.34. The van der Waals surface area contributed by atoms with Gasteiger partial charge in [-0.3, -0.25) is 0 Å². The fourth-order valence-electron chi connectivity index (χ4n) is 1.46. The van der Waals surface area contributed by atoms with Crippen LogP contribution < -0.4 is 15.8 Å². The summed E-state index contributed by atoms with van der Waals surface area (Å²) in [6.45, 7) is 0. The molecule has 2 rings (SSSR count). The van der Waals surface area contributed by atoms with Gasteiger partial charge >= 0.3 is 0 Å². The molecule has 0 aliphatic carbocycles. The summed E-state index contributed by atoms with van der Waals surface area (Å²) >= 11 is 0. The van der Waals surface area contributed by atoms with Crippen molar-refractivity contribution >= 4 is 17.1 Å². The zero-order valence-corrected chi connectivity index (χ0v) is 9.41. The smallest absolute Gasteiger partial charge is 0.148 e. The van der Waals surface area contributed by atoms with Crippen molar-refractivity contribution in [3.05, 3.63) is 48.3 Å². The summed E-state index contributed by atoms with van der Waals surface area (Å²) in [6.07, 6.45) is 0. The summed E-state index contributed by atoms with van der Waals surface area (Å²) in [5, 5.41) is 2.96. The molecule has 3 N–H and O–H groups in total. The molecule has 0 bridgehead atoms. The predicted octanol–water partition coefficient (Wildman–Crippen LogP) is 3.16. The van der Waals surface area contributed by atoms with E-state index in [2.05, 4.69) is 5.32 Å². The molecular formula is C13H13FN2O. The van der Waals surface area contributed by atoms with Gasteiger partial charge in [-0.05, 0) is 42.5 Å². The molecule has 4 heteroatoms. The zero-order chi connectivity index (χ0) is 12.3. The van der Waals surface area contributed by atoms with Gasteiger partial charge in [0.2, 0.25) is 0 Å². The van der Waals surface area contributed by atoms with E-state index in [4.69, 9.17) is 10.5 Å². The van der Waals surface area contributed by atoms with Gasteiger partial charge in [0.25, 0.3) is 0 Å². The lowest BCUT2D eigenvalue weighted by molar-refractivity contribution is 0.415. The third-order valence-corrected chi connectivity index (χ3v) is 2.36. The lowest BCUT2D eigenvalue weighted by Crippen LogP contribution is -1.95. The van der Waals surface area contributed by atoms with Crippen LogP contribution in [-0.4, -0.2) is 7.11 Å². The second kappa shape index (κ2) is 4.74. The molecule has 0 aromatic heterocycles. The summed E-state index contributed by atoms with van der Waals surface area (Å²) < 4.78 is 18.6. The van der Waals surface area contributed by atoms with Crippen LogP contribution in [-0.2, 0) is 0 Å². The minimum absolute atomic E-state index is 0.374. The standard InChI is InChI=1S/C13H13FN2O/c1-17-11-5-3-10(4-6-11)16-13-7-2-9(15)8-12(13)14/h2-8,16H,15H2,1H3. The molecule has 0 radical (unpaired) electrons. The van der Waals surface area contributed by atoms with E-state index in [0.717, 1.165) is 11.4 Å². The number of ether oxygens (including phenoxy) is 1. The van der Waals surface area contributed by atoms with Gasteiger partial charge in [0, 0.05) is 11.4 Å². The Labute approximate surface area is 99.0 Å². The molecule has 0 heterocycles. The normalized spacial score (nSPS) is 10.0. The Bertz CT molecular complexity index is 511. The molecule has 0 saturated heterocycles. The van der Waals surface area contributed by atoms with Crippen LogP contribution in [0.1, 0.15) is 0 Å². The van der Waals surface area contributed by atoms with Crippen molar-refractivity contribution < 1.29 is 9.13 Å². The molecule has 0 spiro atoms. The maximum atomic E-state index is 13.5. The number of benzene rings is 2. The Balaban J connectivity index is 2.19. The average molecular weight is 232 g/mol. The topological polar surface area (TPSA) is 47.3 Å². The highest BCUT2D eigenvalue weighted by Gasteiger charge is 2.02. The largest absolute Gasteiger partial charge is 0.497 e. The zero-order valence-electron chi connectivity index (χ0n) is 9.41. The van der Waals surface area contributed by atoms with Crippen molar-refractivity contribution in [2.75, 3.05) is 18.2 Å². The number of halogens is 1. The highest BCUT2D eigenvalue weighted by atomic mass is 19.1. The third-order valence-electron chi connectivity index (χ3n) is 2.36. The van der Waals surface area contributed by atoms with Crippen molar-refractivity contribution in [1.29, 1.82) is 0 Å². The number of nitrogens with one attached hydrogen (secondary N) is 1. The summed E-state index contributed by atoms with van der Waals surface area (Å²) in [7, 11) is 1.60. The minimum atomic E-state index is -0.374.